The summed E-state index contributed by atoms with van der Waals surface area (Å²) in [6.45, 7) is 2.99. The largest absolute Gasteiger partial charge is 0.394 e. The number of fused-ring (bicyclic) bond motifs is 3. The Labute approximate surface area is 509 Å². The molecule has 0 spiro atoms. The quantitative estimate of drug-likeness (QED) is 0.0175. The number of thioether (sulfide) groups is 1. The molecule has 4 heterocycles. The van der Waals surface area contributed by atoms with E-state index in [-0.39, 0.29) is 126 Å². The maximum atomic E-state index is 14.2. The van der Waals surface area contributed by atoms with Crippen LogP contribution in [0.4, 0.5) is 4.79 Å². The van der Waals surface area contributed by atoms with E-state index in [9.17, 15) is 53.1 Å². The highest BCUT2D eigenvalue weighted by molar-refractivity contribution is 8.00. The van der Waals surface area contributed by atoms with Crippen molar-refractivity contribution >= 4 is 76.9 Å². The monoisotopic (exact) mass is 1240 g/mol. The lowest BCUT2D eigenvalue weighted by molar-refractivity contribution is -0.136. The van der Waals surface area contributed by atoms with E-state index in [0.717, 1.165) is 25.0 Å². The number of nitrogens with two attached hydrogens (primary N) is 2. The zero-order valence-corrected chi connectivity index (χ0v) is 50.2. The Morgan fingerprint density at radius 2 is 1.45 bits per heavy atom. The maximum absolute atomic E-state index is 14.2. The zero-order chi connectivity index (χ0) is 63.1. The number of ether oxygens (including phenoxy) is 3. The number of aliphatic hydroxyl groups is 1. The van der Waals surface area contributed by atoms with E-state index in [1.54, 1.807) is 44.2 Å². The summed E-state index contributed by atoms with van der Waals surface area (Å²) in [6, 6.07) is 0.674. The Morgan fingerprint density at radius 3 is 2.17 bits per heavy atom. The molecule has 0 saturated carbocycles. The first-order valence-electron chi connectivity index (χ1n) is 29.5. The van der Waals surface area contributed by atoms with Crippen molar-refractivity contribution in [3.63, 3.8) is 0 Å². The van der Waals surface area contributed by atoms with Crippen LogP contribution in [0, 0.1) is 11.3 Å². The molecular weight excluding hydrogens is 1150 g/mol. The molecule has 9 atom stereocenters. The summed E-state index contributed by atoms with van der Waals surface area (Å²) in [4.78, 5) is 133. The molecule has 0 radical (unpaired) electrons. The highest BCUT2D eigenvalue weighted by Gasteiger charge is 2.42. The van der Waals surface area contributed by atoms with Gasteiger partial charge in [-0.1, -0.05) is 55.8 Å². The van der Waals surface area contributed by atoms with Crippen molar-refractivity contribution in [3.8, 4) is 0 Å². The van der Waals surface area contributed by atoms with Crippen LogP contribution in [0.15, 0.2) is 36.5 Å². The first-order chi connectivity index (χ1) is 41.8. The number of nitrogens with zero attached hydrogens (tertiary/aromatic N) is 3. The third kappa shape index (κ3) is 26.1. The zero-order valence-electron chi connectivity index (χ0n) is 49.4. The second kappa shape index (κ2) is 37.8. The van der Waals surface area contributed by atoms with Crippen molar-refractivity contribution in [2.24, 2.45) is 17.4 Å². The van der Waals surface area contributed by atoms with Crippen LogP contribution in [-0.4, -0.2) is 210 Å². The van der Waals surface area contributed by atoms with Gasteiger partial charge in [-0.2, -0.15) is 11.8 Å². The molecule has 31 nitrogen and oxygen atoms in total. The minimum atomic E-state index is -1.67. The van der Waals surface area contributed by atoms with Crippen molar-refractivity contribution in [3.05, 3.63) is 47.8 Å². The second-order valence-electron chi connectivity index (χ2n) is 21.8. The number of hydrogen-bond acceptors (Lipinski definition) is 18. The number of carbonyl (C=O) groups is 10. The summed E-state index contributed by atoms with van der Waals surface area (Å²) >= 11 is 1.84. The highest BCUT2D eigenvalue weighted by atomic mass is 32.2. The highest BCUT2D eigenvalue weighted by Crippen LogP contribution is 2.33. The Kier molecular flexibility index (Phi) is 30.4. The number of rotatable bonds is 27. The molecule has 3 aliphatic rings. The van der Waals surface area contributed by atoms with Gasteiger partial charge in [0.1, 0.15) is 42.9 Å². The fourth-order valence-electron chi connectivity index (χ4n) is 9.71. The van der Waals surface area contributed by atoms with E-state index in [0.29, 0.717) is 36.6 Å². The van der Waals surface area contributed by atoms with Gasteiger partial charge in [-0.25, -0.2) is 4.79 Å². The molecule has 2 bridgehead atoms. The summed E-state index contributed by atoms with van der Waals surface area (Å²) in [5.41, 5.74) is 12.0. The fourth-order valence-corrected chi connectivity index (χ4v) is 11.3. The summed E-state index contributed by atoms with van der Waals surface area (Å²) in [5, 5.41) is 56.2. The van der Waals surface area contributed by atoms with Crippen LogP contribution in [-0.2, 0) is 76.7 Å². The predicted molar refractivity (Wildman–Crippen MR) is 317 cm³/mol. The molecule has 0 aliphatic carbocycles. The molecule has 11 amide bonds. The molecule has 2 fully saturated rings. The molecule has 17 N–H and O–H groups in total. The number of urea groups is 1. The Morgan fingerprint density at radius 1 is 0.759 bits per heavy atom. The molecule has 1 aromatic heterocycles. The average Bonchev–Trinajstić information content (AvgIpc) is 2.04. The molecule has 482 valence electrons. The van der Waals surface area contributed by atoms with E-state index >= 15 is 0 Å². The number of aromatic nitrogens is 3. The van der Waals surface area contributed by atoms with Crippen molar-refractivity contribution in [1.82, 2.24) is 73.5 Å². The average molecular weight is 1240 g/mol. The van der Waals surface area contributed by atoms with Crippen LogP contribution in [0.1, 0.15) is 89.3 Å². The fraction of sp³-hybridized carbons (Fsp3) is 0.655. The third-order valence-electron chi connectivity index (χ3n) is 14.2. The minimum absolute atomic E-state index is 0.0144. The van der Waals surface area contributed by atoms with Crippen LogP contribution in [0.3, 0.4) is 0 Å². The Balaban J connectivity index is 1.19. The number of aliphatic hydroxyl groups excluding tert-OH is 1. The first-order valence-corrected chi connectivity index (χ1v) is 30.5. The van der Waals surface area contributed by atoms with Gasteiger partial charge in [0, 0.05) is 56.1 Å². The predicted octanol–water partition coefficient (Wildman–Crippen LogP) is -4.05. The number of guanidine groups is 1. The Bertz CT molecular complexity index is 2600. The number of amides is 11. The van der Waals surface area contributed by atoms with Gasteiger partial charge >= 0.3 is 6.03 Å². The van der Waals surface area contributed by atoms with Gasteiger partial charge in [0.25, 0.3) is 0 Å². The van der Waals surface area contributed by atoms with Crippen molar-refractivity contribution in [2.45, 2.75) is 151 Å². The van der Waals surface area contributed by atoms with E-state index < -0.39 is 103 Å². The topological polar surface area (TPSA) is 458 Å². The number of aryl methyl sites for hydroxylation is 1. The van der Waals surface area contributed by atoms with Gasteiger partial charge < -0.3 is 89.3 Å². The van der Waals surface area contributed by atoms with E-state index in [2.05, 4.69) is 68.8 Å². The number of hydrogen-bond donors (Lipinski definition) is 15. The summed E-state index contributed by atoms with van der Waals surface area (Å²) in [7, 11) is 0. The van der Waals surface area contributed by atoms with Crippen LogP contribution in [0.25, 0.3) is 0 Å². The lowest BCUT2D eigenvalue weighted by Gasteiger charge is -2.27. The molecule has 2 saturated heterocycles. The lowest BCUT2D eigenvalue weighted by atomic mass is 10.0. The molecule has 1 aromatic carbocycles. The number of nitrogens with one attached hydrogen (secondary N) is 12. The van der Waals surface area contributed by atoms with Crippen LogP contribution >= 0.6 is 11.8 Å². The standard InChI is InChI=1S/C55H87N17O14S/c1-33(2)25-38-51(80)64-37(14-10-17-60-54(57)58)50(79)66-39(26-34-11-4-3-5-12-34)49(78)61-28-45(75)62-36(48(56)77)13-8-9-19-72-29-35(70-71-72)27-40(52(81)67-41(30-73)53(82)65-38)63-46(76)31-86-24-23-85-22-21-84-20-18-59-44(74)16-7-6-15-43-47-42(32-87-43)68-55(83)69-47/h3-5,11-12,29,33,36-43,47,73H,6-10,13-28,30-32H2,1-2H3,(H2,56,77)(H,59,74)(H,61,78)(H,62,75)(H,63,76)(H,64,80)(H,65,82)(H,66,79)(H,67,81)(H4,57,58,60)(H2,68,69,83)/t36-,37+,38+,39+,40-,41+,42+,43?,47+/m0/s1. The number of primary amides is 1. The van der Waals surface area contributed by atoms with Crippen molar-refractivity contribution in [1.29, 1.82) is 5.41 Å². The van der Waals surface area contributed by atoms with Gasteiger partial charge in [0.15, 0.2) is 5.96 Å². The number of benzene rings is 1. The first kappa shape index (κ1) is 70.1. The van der Waals surface area contributed by atoms with E-state index in [1.165, 1.54) is 10.9 Å². The van der Waals surface area contributed by atoms with Gasteiger partial charge in [0.05, 0.1) is 64.0 Å². The van der Waals surface area contributed by atoms with Gasteiger partial charge in [-0.05, 0) is 62.8 Å². The van der Waals surface area contributed by atoms with Crippen molar-refractivity contribution in [2.75, 3.05) is 71.6 Å². The lowest BCUT2D eigenvalue weighted by Crippen LogP contribution is -2.60. The molecular formula is C55H87N17O14S. The summed E-state index contributed by atoms with van der Waals surface area (Å²) < 4.78 is 18.1. The molecule has 32 heteroatoms. The summed E-state index contributed by atoms with van der Waals surface area (Å²) in [6.07, 6.45) is 5.19. The van der Waals surface area contributed by atoms with Crippen molar-refractivity contribution < 1.29 is 67.3 Å². The van der Waals surface area contributed by atoms with Crippen LogP contribution < -0.4 is 70.0 Å². The molecule has 5 rings (SSSR count). The van der Waals surface area contributed by atoms with Crippen LogP contribution in [0.2, 0.25) is 0 Å². The van der Waals surface area contributed by atoms with E-state index in [1.807, 2.05) is 11.8 Å². The molecule has 3 aliphatic heterocycles. The number of unbranched alkanes of at least 4 members (excludes halogenated alkanes) is 1. The number of carbonyl (C=O) groups excluding carboxylic acids is 10. The minimum Gasteiger partial charge on any atom is -0.394 e. The van der Waals surface area contributed by atoms with Gasteiger partial charge in [0.2, 0.25) is 53.2 Å². The van der Waals surface area contributed by atoms with Gasteiger partial charge in [-0.3, -0.25) is 53.2 Å². The molecule has 87 heavy (non-hydrogen) atoms. The summed E-state index contributed by atoms with van der Waals surface area (Å²) in [5.74, 6) is -6.35. The molecule has 2 aromatic rings. The normalized spacial score (nSPS) is 23.7. The SMILES string of the molecule is CC(C)C[C@H]1NC(=O)[C@@H](CO)NC(=O)[C@@H](NC(=O)COCCOCCOCCNC(=O)CCCCC2SC[C@H]3NC(=O)N[C@@H]23)Cc2cn(nn2)CCCC[C@@H](C(N)=O)NC(=O)CNC(=O)[C@@H](Cc2ccccc2)NC(=O)[C@@H](CCCNC(=N)N)NC1=O. The van der Waals surface area contributed by atoms with E-state index in [4.69, 9.17) is 31.1 Å². The Hall–Kier alpha value is -7.68. The maximum Gasteiger partial charge on any atom is 0.315 e. The second-order valence-corrected chi connectivity index (χ2v) is 23.0. The van der Waals surface area contributed by atoms with Crippen LogP contribution in [0.5, 0.6) is 0 Å². The molecule has 1 unspecified atom stereocenters. The third-order valence-corrected chi connectivity index (χ3v) is 15.7. The van der Waals surface area contributed by atoms with Gasteiger partial charge in [-0.15, -0.1) is 5.10 Å². The smallest absolute Gasteiger partial charge is 0.315 e.